The number of hydrogen-bond acceptors (Lipinski definition) is 3. The molecule has 24 heavy (non-hydrogen) atoms. The molecule has 1 aromatic carbocycles. The summed E-state index contributed by atoms with van der Waals surface area (Å²) in [4.78, 5) is 30.6. The molecule has 2 heterocycles. The van der Waals surface area contributed by atoms with Crippen LogP contribution in [0.5, 0.6) is 0 Å². The van der Waals surface area contributed by atoms with Gasteiger partial charge in [-0.15, -0.1) is 0 Å². The van der Waals surface area contributed by atoms with Gasteiger partial charge in [-0.05, 0) is 50.2 Å². The molecule has 2 aromatic heterocycles. The third-order valence-corrected chi connectivity index (χ3v) is 3.97. The topological polar surface area (TPSA) is 79.8 Å². The van der Waals surface area contributed by atoms with Crippen molar-refractivity contribution in [1.29, 1.82) is 0 Å². The van der Waals surface area contributed by atoms with Gasteiger partial charge in [-0.1, -0.05) is 0 Å². The summed E-state index contributed by atoms with van der Waals surface area (Å²) < 4.78 is 1.99. The van der Waals surface area contributed by atoms with Gasteiger partial charge in [-0.3, -0.25) is 9.59 Å². The largest absolute Gasteiger partial charge is 0.348 e. The molecule has 2 N–H and O–H groups in total. The highest BCUT2D eigenvalue weighted by atomic mass is 16.2. The van der Waals surface area contributed by atoms with Crippen LogP contribution in [-0.2, 0) is 0 Å². The number of nitrogens with one attached hydrogen (secondary N) is 2. The lowest BCUT2D eigenvalue weighted by Gasteiger charge is -2.08. The molecule has 3 aromatic rings. The van der Waals surface area contributed by atoms with E-state index in [1.54, 1.807) is 18.5 Å². The Kier molecular flexibility index (Phi) is 4.04. The van der Waals surface area contributed by atoms with Crippen LogP contribution in [-0.4, -0.2) is 26.2 Å². The van der Waals surface area contributed by atoms with Gasteiger partial charge in [0.15, 0.2) is 5.78 Å². The maximum absolute atomic E-state index is 12.2. The van der Waals surface area contributed by atoms with E-state index in [4.69, 9.17) is 0 Å². The van der Waals surface area contributed by atoms with E-state index in [0.29, 0.717) is 17.1 Å². The van der Waals surface area contributed by atoms with Crippen molar-refractivity contribution in [2.45, 2.75) is 20.8 Å². The van der Waals surface area contributed by atoms with Gasteiger partial charge < -0.3 is 14.9 Å². The minimum absolute atomic E-state index is 0.107. The summed E-state index contributed by atoms with van der Waals surface area (Å²) in [5.41, 5.74) is 4.49. The second kappa shape index (κ2) is 6.16. The number of nitrogens with zero attached hydrogens (tertiary/aromatic N) is 2. The number of H-pyrrole nitrogens is 1. The summed E-state index contributed by atoms with van der Waals surface area (Å²) in [5.74, 6) is -0.394. The molecule has 0 aliphatic rings. The van der Waals surface area contributed by atoms with E-state index in [9.17, 15) is 9.59 Å². The van der Waals surface area contributed by atoms with Crippen molar-refractivity contribution in [3.8, 4) is 5.69 Å². The predicted octanol–water partition coefficient (Wildman–Crippen LogP) is 3.27. The van der Waals surface area contributed by atoms with Gasteiger partial charge >= 0.3 is 0 Å². The molecule has 0 aliphatic carbocycles. The SMILES string of the molecule is CC(=O)c1ccc(C(=O)Nc2ccc(-n3cnc(C)c3C)cc2)[nH]1. The van der Waals surface area contributed by atoms with Gasteiger partial charge in [0, 0.05) is 24.0 Å². The fourth-order valence-electron chi connectivity index (χ4n) is 2.40. The Hall–Kier alpha value is -3.15. The number of hydrogen-bond donors (Lipinski definition) is 2. The van der Waals surface area contributed by atoms with Crippen molar-refractivity contribution < 1.29 is 9.59 Å². The minimum atomic E-state index is -0.287. The highest BCUT2D eigenvalue weighted by Gasteiger charge is 2.11. The summed E-state index contributed by atoms with van der Waals surface area (Å²) in [7, 11) is 0. The molecule has 0 radical (unpaired) electrons. The van der Waals surface area contributed by atoms with Crippen molar-refractivity contribution in [3.63, 3.8) is 0 Å². The number of imidazole rings is 1. The van der Waals surface area contributed by atoms with E-state index in [2.05, 4.69) is 15.3 Å². The maximum Gasteiger partial charge on any atom is 0.272 e. The first kappa shape index (κ1) is 15.7. The summed E-state index contributed by atoms with van der Waals surface area (Å²) in [5, 5.41) is 2.80. The van der Waals surface area contributed by atoms with E-state index in [0.717, 1.165) is 17.1 Å². The van der Waals surface area contributed by atoms with Crippen molar-refractivity contribution in [2.75, 3.05) is 5.32 Å². The molecule has 1 amide bonds. The minimum Gasteiger partial charge on any atom is -0.348 e. The van der Waals surface area contributed by atoms with Crippen LogP contribution in [0.1, 0.15) is 39.3 Å². The Morgan fingerprint density at radius 1 is 1.04 bits per heavy atom. The van der Waals surface area contributed by atoms with Gasteiger partial charge in [-0.25, -0.2) is 4.98 Å². The Morgan fingerprint density at radius 2 is 1.71 bits per heavy atom. The van der Waals surface area contributed by atoms with E-state index in [1.807, 2.05) is 42.7 Å². The molecule has 0 atom stereocenters. The molecule has 0 aliphatic heterocycles. The molecule has 0 bridgehead atoms. The van der Waals surface area contributed by atoms with E-state index >= 15 is 0 Å². The fourth-order valence-corrected chi connectivity index (χ4v) is 2.40. The molecular formula is C18H18N4O2. The zero-order valence-corrected chi connectivity index (χ0v) is 13.8. The highest BCUT2D eigenvalue weighted by molar-refractivity contribution is 6.04. The summed E-state index contributed by atoms with van der Waals surface area (Å²) in [6.07, 6.45) is 1.78. The molecule has 0 saturated carbocycles. The molecule has 6 heteroatoms. The van der Waals surface area contributed by atoms with Crippen LogP contribution in [0.25, 0.3) is 5.69 Å². The average Bonchev–Trinajstić information content (AvgIpc) is 3.17. The van der Waals surface area contributed by atoms with E-state index in [-0.39, 0.29) is 11.7 Å². The van der Waals surface area contributed by atoms with Crippen LogP contribution >= 0.6 is 0 Å². The maximum atomic E-state index is 12.2. The number of benzene rings is 1. The predicted molar refractivity (Wildman–Crippen MR) is 91.8 cm³/mol. The number of rotatable bonds is 4. The van der Waals surface area contributed by atoms with Crippen molar-refractivity contribution in [2.24, 2.45) is 0 Å². The van der Waals surface area contributed by atoms with Crippen molar-refractivity contribution in [1.82, 2.24) is 14.5 Å². The first-order valence-electron chi connectivity index (χ1n) is 7.58. The molecule has 122 valence electrons. The highest BCUT2D eigenvalue weighted by Crippen LogP contribution is 2.17. The van der Waals surface area contributed by atoms with Gasteiger partial charge in [0.25, 0.3) is 5.91 Å². The number of carbonyl (C=O) groups excluding carboxylic acids is 2. The van der Waals surface area contributed by atoms with Gasteiger partial charge in [0.2, 0.25) is 0 Å². The second-order valence-corrected chi connectivity index (χ2v) is 5.63. The first-order valence-corrected chi connectivity index (χ1v) is 7.58. The van der Waals surface area contributed by atoms with Crippen LogP contribution in [0, 0.1) is 13.8 Å². The summed E-state index contributed by atoms with van der Waals surface area (Å²) >= 11 is 0. The van der Waals surface area contributed by atoms with Crippen molar-refractivity contribution in [3.05, 3.63) is 65.5 Å². The van der Waals surface area contributed by atoms with Gasteiger partial charge in [-0.2, -0.15) is 0 Å². The lowest BCUT2D eigenvalue weighted by atomic mass is 10.2. The quantitative estimate of drug-likeness (QED) is 0.723. The summed E-state index contributed by atoms with van der Waals surface area (Å²) in [6, 6.07) is 10.7. The van der Waals surface area contributed by atoms with E-state index in [1.165, 1.54) is 6.92 Å². The molecule has 3 rings (SSSR count). The molecule has 0 saturated heterocycles. The molecule has 0 unspecified atom stereocenters. The van der Waals surface area contributed by atoms with Crippen LogP contribution in [0.15, 0.2) is 42.7 Å². The van der Waals surface area contributed by atoms with E-state index < -0.39 is 0 Å². The smallest absolute Gasteiger partial charge is 0.272 e. The Morgan fingerprint density at radius 3 is 2.25 bits per heavy atom. The van der Waals surface area contributed by atoms with Crippen LogP contribution in [0.2, 0.25) is 0 Å². The van der Waals surface area contributed by atoms with Crippen molar-refractivity contribution >= 4 is 17.4 Å². The number of Topliss-reactive ketones (excluding diaryl/α,β-unsaturated/α-hetero) is 1. The second-order valence-electron chi connectivity index (χ2n) is 5.63. The number of anilines is 1. The number of aromatic amines is 1. The number of aromatic nitrogens is 3. The fraction of sp³-hybridized carbons (Fsp3) is 0.167. The summed E-state index contributed by atoms with van der Waals surface area (Å²) in [6.45, 7) is 5.42. The molecule has 0 fully saturated rings. The zero-order valence-electron chi connectivity index (χ0n) is 13.8. The number of amides is 1. The number of ketones is 1. The Balaban J connectivity index is 1.75. The van der Waals surface area contributed by atoms with Crippen LogP contribution < -0.4 is 5.32 Å². The molecule has 6 nitrogen and oxygen atoms in total. The standard InChI is InChI=1S/C18H18N4O2/c1-11-12(2)22(10-19-11)15-6-4-14(5-7-15)20-18(24)17-9-8-16(21-17)13(3)23/h4-10,21H,1-3H3,(H,20,24). The van der Waals surface area contributed by atoms with Crippen LogP contribution in [0.3, 0.4) is 0 Å². The zero-order chi connectivity index (χ0) is 17.3. The normalized spacial score (nSPS) is 10.6. The van der Waals surface area contributed by atoms with Gasteiger partial charge in [0.1, 0.15) is 5.69 Å². The molecular weight excluding hydrogens is 304 g/mol. The number of carbonyl (C=O) groups is 2. The monoisotopic (exact) mass is 322 g/mol. The molecule has 0 spiro atoms. The lowest BCUT2D eigenvalue weighted by Crippen LogP contribution is -2.12. The third-order valence-electron chi connectivity index (χ3n) is 3.97. The average molecular weight is 322 g/mol. The Labute approximate surface area is 139 Å². The lowest BCUT2D eigenvalue weighted by molar-refractivity contribution is 0.101. The van der Waals surface area contributed by atoms with Crippen LogP contribution in [0.4, 0.5) is 5.69 Å². The first-order chi connectivity index (χ1) is 11.5. The Bertz CT molecular complexity index is 904. The number of aryl methyl sites for hydroxylation is 1. The van der Waals surface area contributed by atoms with Gasteiger partial charge in [0.05, 0.1) is 17.7 Å². The third kappa shape index (κ3) is 2.99.